The summed E-state index contributed by atoms with van der Waals surface area (Å²) in [5, 5.41) is 10.9. The maximum Gasteiger partial charge on any atom is 0.273 e. The van der Waals surface area contributed by atoms with Crippen molar-refractivity contribution in [2.75, 3.05) is 0 Å². The third kappa shape index (κ3) is 3.00. The lowest BCUT2D eigenvalue weighted by Gasteiger charge is -2.12. The number of hydrogen-bond donors (Lipinski definition) is 1. The van der Waals surface area contributed by atoms with Gasteiger partial charge in [-0.3, -0.25) is 4.79 Å². The van der Waals surface area contributed by atoms with Gasteiger partial charge in [0, 0.05) is 11.6 Å². The topological polar surface area (TPSA) is 59.8 Å². The summed E-state index contributed by atoms with van der Waals surface area (Å²) in [5.74, 6) is -0.499. The number of carbonyl (C=O) groups is 1. The number of halogens is 1. The fourth-order valence-electron chi connectivity index (χ4n) is 2.86. The highest BCUT2D eigenvalue weighted by Gasteiger charge is 2.21. The number of amides is 1. The molecule has 1 aromatic carbocycles. The third-order valence-electron chi connectivity index (χ3n) is 4.19. The second kappa shape index (κ2) is 6.25. The zero-order valence-electron chi connectivity index (χ0n) is 12.5. The van der Waals surface area contributed by atoms with E-state index in [2.05, 4.69) is 15.6 Å². The summed E-state index contributed by atoms with van der Waals surface area (Å²) in [5.41, 5.74) is 0.797. The normalized spacial score (nSPS) is 16.6. The predicted molar refractivity (Wildman–Crippen MR) is 80.0 cm³/mol. The minimum Gasteiger partial charge on any atom is -0.348 e. The van der Waals surface area contributed by atoms with Crippen molar-refractivity contribution in [2.24, 2.45) is 0 Å². The highest BCUT2D eigenvalue weighted by Crippen LogP contribution is 2.20. The fourth-order valence-corrected chi connectivity index (χ4v) is 2.86. The molecule has 1 fully saturated rings. The minimum absolute atomic E-state index is 0.209. The summed E-state index contributed by atoms with van der Waals surface area (Å²) in [6.45, 7) is 1.83. The maximum atomic E-state index is 13.8. The second-order valence-corrected chi connectivity index (χ2v) is 5.74. The lowest BCUT2D eigenvalue weighted by Crippen LogP contribution is -2.32. The number of carbonyl (C=O) groups excluding carboxylic acids is 1. The number of aromatic nitrogens is 3. The van der Waals surface area contributed by atoms with E-state index in [4.69, 9.17) is 0 Å². The largest absolute Gasteiger partial charge is 0.348 e. The second-order valence-electron chi connectivity index (χ2n) is 5.74. The van der Waals surface area contributed by atoms with Crippen LogP contribution in [-0.2, 0) is 0 Å². The van der Waals surface area contributed by atoms with Crippen molar-refractivity contribution in [2.45, 2.75) is 44.7 Å². The fraction of sp³-hybridized carbons (Fsp3) is 0.438. The maximum absolute atomic E-state index is 13.8. The number of hydrogen-bond acceptors (Lipinski definition) is 3. The van der Waals surface area contributed by atoms with E-state index < -0.39 is 0 Å². The van der Waals surface area contributed by atoms with Crippen LogP contribution in [0.2, 0.25) is 0 Å². The Morgan fingerprint density at radius 1 is 1.36 bits per heavy atom. The molecule has 116 valence electrons. The Kier molecular flexibility index (Phi) is 4.18. The van der Waals surface area contributed by atoms with Crippen molar-refractivity contribution in [1.82, 2.24) is 20.3 Å². The Hall–Kier alpha value is -2.24. The SMILES string of the molecule is C[C@H](c1ccccc1F)n1cc(C(=O)NC2CCCC2)nn1. The van der Waals surface area contributed by atoms with Crippen molar-refractivity contribution in [3.63, 3.8) is 0 Å². The van der Waals surface area contributed by atoms with Crippen LogP contribution in [0.25, 0.3) is 0 Å². The van der Waals surface area contributed by atoms with Gasteiger partial charge in [0.2, 0.25) is 0 Å². The Bertz CT molecular complexity index is 664. The standard InChI is InChI=1S/C16H19FN4O/c1-11(13-8-4-5-9-14(13)17)21-10-15(19-20-21)16(22)18-12-6-2-3-7-12/h4-5,8-12H,2-3,6-7H2,1H3,(H,18,22)/t11-/m1/s1. The van der Waals surface area contributed by atoms with Crippen molar-refractivity contribution in [3.8, 4) is 0 Å². The molecule has 0 radical (unpaired) electrons. The number of nitrogens with one attached hydrogen (secondary N) is 1. The Balaban J connectivity index is 1.73. The predicted octanol–water partition coefficient (Wildman–Crippen LogP) is 2.70. The molecule has 1 aliphatic rings. The van der Waals surface area contributed by atoms with Crippen LogP contribution >= 0.6 is 0 Å². The summed E-state index contributed by atoms with van der Waals surface area (Å²) >= 11 is 0. The van der Waals surface area contributed by atoms with Gasteiger partial charge in [0.25, 0.3) is 5.91 Å². The zero-order valence-corrected chi connectivity index (χ0v) is 12.5. The smallest absolute Gasteiger partial charge is 0.273 e. The molecular formula is C16H19FN4O. The molecular weight excluding hydrogens is 283 g/mol. The van der Waals surface area contributed by atoms with Crippen LogP contribution in [0, 0.1) is 5.82 Å². The van der Waals surface area contributed by atoms with Gasteiger partial charge in [-0.25, -0.2) is 9.07 Å². The van der Waals surface area contributed by atoms with Crippen LogP contribution in [0.1, 0.15) is 54.7 Å². The molecule has 0 spiro atoms. The van der Waals surface area contributed by atoms with Gasteiger partial charge in [-0.1, -0.05) is 36.3 Å². The average molecular weight is 302 g/mol. The molecule has 0 bridgehead atoms. The monoisotopic (exact) mass is 302 g/mol. The first-order chi connectivity index (χ1) is 10.6. The van der Waals surface area contributed by atoms with Gasteiger partial charge >= 0.3 is 0 Å². The highest BCUT2D eigenvalue weighted by atomic mass is 19.1. The molecule has 1 saturated carbocycles. The van der Waals surface area contributed by atoms with E-state index in [1.54, 1.807) is 24.4 Å². The van der Waals surface area contributed by atoms with E-state index in [9.17, 15) is 9.18 Å². The van der Waals surface area contributed by atoms with Crippen LogP contribution in [-0.4, -0.2) is 26.9 Å². The molecule has 1 heterocycles. The molecule has 1 amide bonds. The lowest BCUT2D eigenvalue weighted by molar-refractivity contribution is 0.0932. The van der Waals surface area contributed by atoms with E-state index in [0.29, 0.717) is 5.56 Å². The third-order valence-corrected chi connectivity index (χ3v) is 4.19. The van der Waals surface area contributed by atoms with Gasteiger partial charge in [0.15, 0.2) is 5.69 Å². The van der Waals surface area contributed by atoms with E-state index in [-0.39, 0.29) is 29.5 Å². The quantitative estimate of drug-likeness (QED) is 0.944. The summed E-state index contributed by atoms with van der Waals surface area (Å²) in [6.07, 6.45) is 5.92. The Morgan fingerprint density at radius 2 is 2.09 bits per heavy atom. The molecule has 1 aromatic heterocycles. The Labute approximate surface area is 128 Å². The molecule has 3 rings (SSSR count). The van der Waals surface area contributed by atoms with E-state index in [1.807, 2.05) is 6.92 Å². The van der Waals surface area contributed by atoms with Crippen LogP contribution in [0.3, 0.4) is 0 Å². The first kappa shape index (κ1) is 14.7. The van der Waals surface area contributed by atoms with E-state index in [1.165, 1.54) is 10.7 Å². The summed E-state index contributed by atoms with van der Waals surface area (Å²) in [7, 11) is 0. The summed E-state index contributed by atoms with van der Waals surface area (Å²) in [4.78, 5) is 12.1. The number of nitrogens with zero attached hydrogens (tertiary/aromatic N) is 3. The highest BCUT2D eigenvalue weighted by molar-refractivity contribution is 5.92. The first-order valence-electron chi connectivity index (χ1n) is 7.62. The molecule has 6 heteroatoms. The van der Waals surface area contributed by atoms with Gasteiger partial charge in [-0.05, 0) is 25.8 Å². The first-order valence-corrected chi connectivity index (χ1v) is 7.62. The van der Waals surface area contributed by atoms with E-state index >= 15 is 0 Å². The van der Waals surface area contributed by atoms with Crippen molar-refractivity contribution in [3.05, 3.63) is 47.5 Å². The van der Waals surface area contributed by atoms with Crippen molar-refractivity contribution < 1.29 is 9.18 Å². The molecule has 0 saturated heterocycles. The van der Waals surface area contributed by atoms with Crippen LogP contribution in [0.5, 0.6) is 0 Å². The molecule has 0 aliphatic heterocycles. The van der Waals surface area contributed by atoms with Crippen molar-refractivity contribution >= 4 is 5.91 Å². The van der Waals surface area contributed by atoms with Crippen LogP contribution in [0.15, 0.2) is 30.5 Å². The molecule has 5 nitrogen and oxygen atoms in total. The van der Waals surface area contributed by atoms with Gasteiger partial charge in [0.1, 0.15) is 5.82 Å². The number of benzene rings is 1. The van der Waals surface area contributed by atoms with Gasteiger partial charge < -0.3 is 5.32 Å². The van der Waals surface area contributed by atoms with E-state index in [0.717, 1.165) is 25.7 Å². The molecule has 1 atom stereocenters. The molecule has 22 heavy (non-hydrogen) atoms. The summed E-state index contributed by atoms with van der Waals surface area (Å²) < 4.78 is 15.3. The van der Waals surface area contributed by atoms with Gasteiger partial charge in [-0.2, -0.15) is 0 Å². The van der Waals surface area contributed by atoms with Crippen LogP contribution < -0.4 is 5.32 Å². The van der Waals surface area contributed by atoms with Crippen LogP contribution in [0.4, 0.5) is 4.39 Å². The summed E-state index contributed by atoms with van der Waals surface area (Å²) in [6, 6.07) is 6.46. The lowest BCUT2D eigenvalue weighted by atomic mass is 10.1. The minimum atomic E-state index is -0.318. The molecule has 1 aliphatic carbocycles. The van der Waals surface area contributed by atoms with Gasteiger partial charge in [0.05, 0.1) is 12.2 Å². The molecule has 2 aromatic rings. The molecule has 1 N–H and O–H groups in total. The Morgan fingerprint density at radius 3 is 2.82 bits per heavy atom. The molecule has 0 unspecified atom stereocenters. The number of rotatable bonds is 4. The van der Waals surface area contributed by atoms with Crippen molar-refractivity contribution in [1.29, 1.82) is 0 Å². The van der Waals surface area contributed by atoms with Gasteiger partial charge in [-0.15, -0.1) is 5.10 Å². The zero-order chi connectivity index (χ0) is 15.5. The average Bonchev–Trinajstić information content (AvgIpc) is 3.18.